The lowest BCUT2D eigenvalue weighted by Crippen LogP contribution is -2.39. The molecule has 1 aromatic rings. The summed E-state index contributed by atoms with van der Waals surface area (Å²) in [6.07, 6.45) is 2.51. The Morgan fingerprint density at radius 2 is 2.18 bits per heavy atom. The fourth-order valence-electron chi connectivity index (χ4n) is 1.41. The van der Waals surface area contributed by atoms with Crippen LogP contribution >= 0.6 is 11.8 Å². The van der Waals surface area contributed by atoms with Gasteiger partial charge in [0.1, 0.15) is 5.82 Å². The van der Waals surface area contributed by atoms with E-state index in [1.165, 1.54) is 0 Å². The van der Waals surface area contributed by atoms with Crippen molar-refractivity contribution in [3.8, 4) is 0 Å². The van der Waals surface area contributed by atoms with Gasteiger partial charge in [0.15, 0.2) is 0 Å². The molecule has 5 heteroatoms. The van der Waals surface area contributed by atoms with E-state index in [0.717, 1.165) is 17.7 Å². The molecule has 0 bridgehead atoms. The molecule has 1 atom stereocenters. The molecule has 1 rings (SSSR count). The first kappa shape index (κ1) is 14.3. The summed E-state index contributed by atoms with van der Waals surface area (Å²) in [5, 5.41) is 0. The van der Waals surface area contributed by atoms with Crippen molar-refractivity contribution in [3.63, 3.8) is 0 Å². The van der Waals surface area contributed by atoms with Gasteiger partial charge in [-0.3, -0.25) is 11.3 Å². The van der Waals surface area contributed by atoms with Crippen molar-refractivity contribution in [2.45, 2.75) is 38.0 Å². The number of rotatable bonds is 5. The van der Waals surface area contributed by atoms with Gasteiger partial charge in [0.25, 0.3) is 0 Å². The number of hydrazine groups is 1. The highest BCUT2D eigenvalue weighted by Crippen LogP contribution is 2.24. The standard InChI is InChI=1S/C12H22N4S/c1-12(2,3)17-8-10(16-14)7-9-5-4-6-15-11(9)13/h4-6,10,16H,7-8,14H2,1-3H3,(H2,13,15). The molecule has 0 aliphatic carbocycles. The predicted molar refractivity (Wildman–Crippen MR) is 75.7 cm³/mol. The van der Waals surface area contributed by atoms with Gasteiger partial charge in [-0.15, -0.1) is 0 Å². The Bertz CT molecular complexity index is 349. The minimum Gasteiger partial charge on any atom is -0.383 e. The SMILES string of the molecule is CC(C)(C)SCC(Cc1cccnc1N)NN. The summed E-state index contributed by atoms with van der Waals surface area (Å²) in [6, 6.07) is 4.11. The van der Waals surface area contributed by atoms with Gasteiger partial charge in [-0.1, -0.05) is 26.8 Å². The van der Waals surface area contributed by atoms with Crippen molar-refractivity contribution in [1.82, 2.24) is 10.4 Å². The van der Waals surface area contributed by atoms with Crippen LogP contribution in [0.3, 0.4) is 0 Å². The van der Waals surface area contributed by atoms with Crippen LogP contribution in [0.5, 0.6) is 0 Å². The molecule has 5 N–H and O–H groups in total. The quantitative estimate of drug-likeness (QED) is 0.549. The van der Waals surface area contributed by atoms with Gasteiger partial charge in [-0.25, -0.2) is 4.98 Å². The summed E-state index contributed by atoms with van der Waals surface area (Å²) in [7, 11) is 0. The van der Waals surface area contributed by atoms with Crippen LogP contribution in [0.25, 0.3) is 0 Å². The van der Waals surface area contributed by atoms with Crippen molar-refractivity contribution in [3.05, 3.63) is 23.9 Å². The summed E-state index contributed by atoms with van der Waals surface area (Å²) in [5.74, 6) is 7.12. The summed E-state index contributed by atoms with van der Waals surface area (Å²) in [5.41, 5.74) is 9.71. The Morgan fingerprint density at radius 1 is 1.47 bits per heavy atom. The third-order valence-corrected chi connectivity index (χ3v) is 3.78. The van der Waals surface area contributed by atoms with E-state index in [4.69, 9.17) is 11.6 Å². The third-order valence-electron chi connectivity index (χ3n) is 2.35. The molecule has 17 heavy (non-hydrogen) atoms. The first-order chi connectivity index (χ1) is 7.92. The average molecular weight is 254 g/mol. The van der Waals surface area contributed by atoms with E-state index in [-0.39, 0.29) is 10.8 Å². The smallest absolute Gasteiger partial charge is 0.126 e. The van der Waals surface area contributed by atoms with Crippen molar-refractivity contribution in [2.24, 2.45) is 5.84 Å². The first-order valence-electron chi connectivity index (χ1n) is 5.72. The maximum Gasteiger partial charge on any atom is 0.126 e. The van der Waals surface area contributed by atoms with Crippen LogP contribution in [0.4, 0.5) is 5.82 Å². The summed E-state index contributed by atoms with van der Waals surface area (Å²) in [4.78, 5) is 4.08. The molecule has 0 amide bonds. The number of nitrogens with zero attached hydrogens (tertiary/aromatic N) is 1. The fraction of sp³-hybridized carbons (Fsp3) is 0.583. The Morgan fingerprint density at radius 3 is 2.71 bits per heavy atom. The van der Waals surface area contributed by atoms with Crippen molar-refractivity contribution in [1.29, 1.82) is 0 Å². The Kier molecular flexibility index (Phi) is 5.24. The molecule has 4 nitrogen and oxygen atoms in total. The van der Waals surface area contributed by atoms with E-state index in [0.29, 0.717) is 5.82 Å². The van der Waals surface area contributed by atoms with Crippen molar-refractivity contribution >= 4 is 17.6 Å². The number of hydrogen-bond acceptors (Lipinski definition) is 5. The molecule has 0 aliphatic rings. The molecule has 1 aromatic heterocycles. The normalized spacial score (nSPS) is 13.6. The molecule has 0 radical (unpaired) electrons. The average Bonchev–Trinajstić information content (AvgIpc) is 2.25. The number of nitrogens with one attached hydrogen (secondary N) is 1. The second-order valence-electron chi connectivity index (χ2n) is 5.04. The third kappa shape index (κ3) is 5.39. The number of nitrogen functional groups attached to an aromatic ring is 1. The summed E-state index contributed by atoms with van der Waals surface area (Å²) in [6.45, 7) is 6.59. The minimum absolute atomic E-state index is 0.214. The molecule has 0 aliphatic heterocycles. The summed E-state index contributed by atoms with van der Waals surface area (Å²) >= 11 is 1.89. The number of hydrogen-bond donors (Lipinski definition) is 3. The molecular weight excluding hydrogens is 232 g/mol. The van der Waals surface area contributed by atoms with Crippen LogP contribution in [-0.4, -0.2) is 21.5 Å². The van der Waals surface area contributed by atoms with Crippen molar-refractivity contribution in [2.75, 3.05) is 11.5 Å². The Labute approximate surface area is 108 Å². The molecule has 0 aromatic carbocycles. The highest BCUT2D eigenvalue weighted by Gasteiger charge is 2.16. The zero-order valence-corrected chi connectivity index (χ0v) is 11.6. The molecule has 1 heterocycles. The lowest BCUT2D eigenvalue weighted by Gasteiger charge is -2.22. The van der Waals surface area contributed by atoms with Gasteiger partial charge in [-0.2, -0.15) is 11.8 Å². The highest BCUT2D eigenvalue weighted by atomic mass is 32.2. The maximum atomic E-state index is 5.82. The monoisotopic (exact) mass is 254 g/mol. The van der Waals surface area contributed by atoms with E-state index >= 15 is 0 Å². The van der Waals surface area contributed by atoms with Gasteiger partial charge >= 0.3 is 0 Å². The number of anilines is 1. The van der Waals surface area contributed by atoms with Crippen LogP contribution in [0.2, 0.25) is 0 Å². The van der Waals surface area contributed by atoms with E-state index in [9.17, 15) is 0 Å². The molecule has 0 saturated carbocycles. The van der Waals surface area contributed by atoms with E-state index < -0.39 is 0 Å². The summed E-state index contributed by atoms with van der Waals surface area (Å²) < 4.78 is 0.246. The number of nitrogens with two attached hydrogens (primary N) is 2. The molecule has 0 saturated heterocycles. The van der Waals surface area contributed by atoms with E-state index in [1.54, 1.807) is 6.20 Å². The lowest BCUT2D eigenvalue weighted by molar-refractivity contribution is 0.573. The minimum atomic E-state index is 0.214. The van der Waals surface area contributed by atoms with Gasteiger partial charge < -0.3 is 5.73 Å². The second-order valence-corrected chi connectivity index (χ2v) is 6.89. The van der Waals surface area contributed by atoms with Crippen LogP contribution in [-0.2, 0) is 6.42 Å². The number of pyridine rings is 1. The number of thioether (sulfide) groups is 1. The van der Waals surface area contributed by atoms with Crippen LogP contribution in [0.1, 0.15) is 26.3 Å². The van der Waals surface area contributed by atoms with Gasteiger partial charge in [0.2, 0.25) is 0 Å². The van der Waals surface area contributed by atoms with Crippen molar-refractivity contribution < 1.29 is 0 Å². The van der Waals surface area contributed by atoms with Crippen LogP contribution in [0.15, 0.2) is 18.3 Å². The molecule has 96 valence electrons. The Balaban J connectivity index is 2.56. The molecule has 1 unspecified atom stereocenters. The van der Waals surface area contributed by atoms with E-state index in [2.05, 4.69) is 31.2 Å². The van der Waals surface area contributed by atoms with Gasteiger partial charge in [0, 0.05) is 22.7 Å². The van der Waals surface area contributed by atoms with E-state index in [1.807, 2.05) is 23.9 Å². The predicted octanol–water partition coefficient (Wildman–Crippen LogP) is 1.57. The van der Waals surface area contributed by atoms with Crippen LogP contribution in [0, 0.1) is 0 Å². The molecular formula is C12H22N4S. The maximum absolute atomic E-state index is 5.82. The molecule has 0 spiro atoms. The van der Waals surface area contributed by atoms with Gasteiger partial charge in [-0.05, 0) is 18.1 Å². The first-order valence-corrected chi connectivity index (χ1v) is 6.70. The Hall–Kier alpha value is -0.780. The zero-order valence-electron chi connectivity index (χ0n) is 10.7. The topological polar surface area (TPSA) is 77.0 Å². The van der Waals surface area contributed by atoms with Gasteiger partial charge in [0.05, 0.1) is 0 Å². The van der Waals surface area contributed by atoms with Crippen LogP contribution < -0.4 is 17.0 Å². The second kappa shape index (κ2) is 6.23. The number of aromatic nitrogens is 1. The highest BCUT2D eigenvalue weighted by molar-refractivity contribution is 8.00. The zero-order chi connectivity index (χ0) is 12.9. The fourth-order valence-corrected chi connectivity index (χ4v) is 2.32. The largest absolute Gasteiger partial charge is 0.383 e. The molecule has 0 fully saturated rings. The lowest BCUT2D eigenvalue weighted by atomic mass is 10.1.